The van der Waals surface area contributed by atoms with Crippen molar-refractivity contribution in [3.63, 3.8) is 0 Å². The van der Waals surface area contributed by atoms with E-state index in [0.29, 0.717) is 0 Å². The van der Waals surface area contributed by atoms with Crippen molar-refractivity contribution >= 4 is 0 Å². The minimum atomic E-state index is 0.0139. The highest BCUT2D eigenvalue weighted by Gasteiger charge is 2.32. The van der Waals surface area contributed by atoms with Crippen LogP contribution in [-0.2, 0) is 11.3 Å². The summed E-state index contributed by atoms with van der Waals surface area (Å²) in [6.45, 7) is 3.59. The summed E-state index contributed by atoms with van der Waals surface area (Å²) >= 11 is 0. The monoisotopic (exact) mass is 250 g/mol. The smallest absolute Gasteiger partial charge is 0.0501 e. The molecule has 1 aliphatic rings. The van der Waals surface area contributed by atoms with Crippen LogP contribution in [0.1, 0.15) is 18.4 Å². The van der Waals surface area contributed by atoms with Gasteiger partial charge in [-0.1, -0.05) is 0 Å². The summed E-state index contributed by atoms with van der Waals surface area (Å²) in [5, 5.41) is 9.66. The molecule has 0 saturated carbocycles. The Kier molecular flexibility index (Phi) is 4.69. The van der Waals surface area contributed by atoms with Gasteiger partial charge in [-0.05, 0) is 37.6 Å². The first-order valence-electron chi connectivity index (χ1n) is 6.50. The van der Waals surface area contributed by atoms with E-state index in [4.69, 9.17) is 4.74 Å². The molecule has 2 heterocycles. The van der Waals surface area contributed by atoms with E-state index in [1.165, 1.54) is 5.56 Å². The number of hydrogen-bond donors (Lipinski definition) is 1. The lowest BCUT2D eigenvalue weighted by molar-refractivity contribution is -0.0318. The highest BCUT2D eigenvalue weighted by molar-refractivity contribution is 5.09. The molecular weight excluding hydrogens is 228 g/mol. The number of ether oxygens (including phenoxy) is 1. The van der Waals surface area contributed by atoms with Crippen LogP contribution < -0.4 is 0 Å². The van der Waals surface area contributed by atoms with E-state index in [1.807, 2.05) is 24.5 Å². The molecular formula is C14H22N2O2. The Labute approximate surface area is 109 Å². The maximum atomic E-state index is 9.66. The Balaban J connectivity index is 1.91. The van der Waals surface area contributed by atoms with Crippen molar-refractivity contribution in [3.05, 3.63) is 30.1 Å². The van der Waals surface area contributed by atoms with E-state index in [0.717, 1.165) is 39.1 Å². The molecule has 4 heteroatoms. The Hall–Kier alpha value is -0.970. The minimum Gasteiger partial charge on any atom is -0.396 e. The van der Waals surface area contributed by atoms with Crippen molar-refractivity contribution < 1.29 is 9.84 Å². The summed E-state index contributed by atoms with van der Waals surface area (Å²) in [6.07, 6.45) is 5.53. The van der Waals surface area contributed by atoms with Gasteiger partial charge < -0.3 is 14.7 Å². The molecule has 18 heavy (non-hydrogen) atoms. The predicted octanol–water partition coefficient (Wildman–Crippen LogP) is 1.30. The molecule has 0 atom stereocenters. The van der Waals surface area contributed by atoms with Gasteiger partial charge in [-0.25, -0.2) is 0 Å². The molecule has 0 unspecified atom stereocenters. The van der Waals surface area contributed by atoms with Crippen molar-refractivity contribution in [2.24, 2.45) is 5.41 Å². The lowest BCUT2D eigenvalue weighted by Crippen LogP contribution is -2.42. The summed E-state index contributed by atoms with van der Waals surface area (Å²) in [5.74, 6) is 0. The molecule has 100 valence electrons. The van der Waals surface area contributed by atoms with E-state index in [-0.39, 0.29) is 12.0 Å². The first kappa shape index (κ1) is 13.5. The molecule has 1 N–H and O–H groups in total. The van der Waals surface area contributed by atoms with Crippen molar-refractivity contribution in [1.29, 1.82) is 0 Å². The number of aliphatic hydroxyl groups excluding tert-OH is 1. The fraction of sp³-hybridized carbons (Fsp3) is 0.643. The van der Waals surface area contributed by atoms with Gasteiger partial charge in [-0.15, -0.1) is 0 Å². The van der Waals surface area contributed by atoms with E-state index >= 15 is 0 Å². The molecule has 0 spiro atoms. The van der Waals surface area contributed by atoms with Crippen LogP contribution in [0.2, 0.25) is 0 Å². The van der Waals surface area contributed by atoms with Gasteiger partial charge in [0.2, 0.25) is 0 Å². The molecule has 0 radical (unpaired) electrons. The zero-order valence-corrected chi connectivity index (χ0v) is 11.0. The number of nitrogens with zero attached hydrogens (tertiary/aromatic N) is 2. The van der Waals surface area contributed by atoms with Crippen LogP contribution in [0.4, 0.5) is 0 Å². The maximum absolute atomic E-state index is 9.66. The van der Waals surface area contributed by atoms with Crippen LogP contribution in [0.5, 0.6) is 0 Å². The Morgan fingerprint density at radius 1 is 1.33 bits per heavy atom. The van der Waals surface area contributed by atoms with Crippen molar-refractivity contribution in [2.45, 2.75) is 19.4 Å². The first-order valence-corrected chi connectivity index (χ1v) is 6.50. The van der Waals surface area contributed by atoms with Crippen LogP contribution in [0.25, 0.3) is 0 Å². The highest BCUT2D eigenvalue weighted by Crippen LogP contribution is 2.30. The average Bonchev–Trinajstić information content (AvgIpc) is 2.41. The first-order chi connectivity index (χ1) is 8.74. The molecule has 2 rings (SSSR count). The van der Waals surface area contributed by atoms with Gasteiger partial charge in [0.05, 0.1) is 6.61 Å². The van der Waals surface area contributed by atoms with E-state index in [1.54, 1.807) is 0 Å². The van der Waals surface area contributed by atoms with E-state index in [2.05, 4.69) is 16.9 Å². The SMILES string of the molecule is CN(Cc1ccncc1)CC1(CO)CCOCC1. The van der Waals surface area contributed by atoms with Crippen molar-refractivity contribution in [2.75, 3.05) is 33.4 Å². The number of hydrogen-bond acceptors (Lipinski definition) is 4. The molecule has 0 bridgehead atoms. The van der Waals surface area contributed by atoms with Crippen LogP contribution in [0, 0.1) is 5.41 Å². The molecule has 1 saturated heterocycles. The van der Waals surface area contributed by atoms with Gasteiger partial charge in [0, 0.05) is 44.1 Å². The standard InChI is InChI=1S/C14H22N2O2/c1-16(10-13-2-6-15-7-3-13)11-14(12-17)4-8-18-9-5-14/h2-3,6-7,17H,4-5,8-12H2,1H3. The van der Waals surface area contributed by atoms with E-state index in [9.17, 15) is 5.11 Å². The minimum absolute atomic E-state index is 0.0139. The van der Waals surface area contributed by atoms with Crippen LogP contribution >= 0.6 is 0 Å². The maximum Gasteiger partial charge on any atom is 0.0501 e. The summed E-state index contributed by atoms with van der Waals surface area (Å²) in [6, 6.07) is 4.07. The molecule has 0 aromatic carbocycles. The Bertz CT molecular complexity index is 350. The van der Waals surface area contributed by atoms with Gasteiger partial charge >= 0.3 is 0 Å². The second kappa shape index (κ2) is 6.27. The zero-order valence-electron chi connectivity index (χ0n) is 11.0. The third-order valence-electron chi connectivity index (χ3n) is 3.70. The molecule has 1 aromatic heterocycles. The number of rotatable bonds is 5. The highest BCUT2D eigenvalue weighted by atomic mass is 16.5. The van der Waals surface area contributed by atoms with Gasteiger partial charge in [-0.3, -0.25) is 4.98 Å². The van der Waals surface area contributed by atoms with E-state index < -0.39 is 0 Å². The Morgan fingerprint density at radius 3 is 2.61 bits per heavy atom. The quantitative estimate of drug-likeness (QED) is 0.855. The lowest BCUT2D eigenvalue weighted by Gasteiger charge is -2.38. The number of aliphatic hydroxyl groups is 1. The molecule has 1 fully saturated rings. The van der Waals surface area contributed by atoms with Gasteiger partial charge in [0.15, 0.2) is 0 Å². The Morgan fingerprint density at radius 2 is 2.00 bits per heavy atom. The molecule has 0 amide bonds. The number of pyridine rings is 1. The largest absolute Gasteiger partial charge is 0.396 e. The second-order valence-electron chi connectivity index (χ2n) is 5.30. The fourth-order valence-electron chi connectivity index (χ4n) is 2.60. The fourth-order valence-corrected chi connectivity index (χ4v) is 2.60. The second-order valence-corrected chi connectivity index (χ2v) is 5.30. The van der Waals surface area contributed by atoms with Gasteiger partial charge in [-0.2, -0.15) is 0 Å². The normalized spacial score (nSPS) is 19.1. The third kappa shape index (κ3) is 3.51. The predicted molar refractivity (Wildman–Crippen MR) is 70.1 cm³/mol. The zero-order chi connectivity index (χ0) is 12.8. The third-order valence-corrected chi connectivity index (χ3v) is 3.70. The van der Waals surface area contributed by atoms with Crippen molar-refractivity contribution in [1.82, 2.24) is 9.88 Å². The van der Waals surface area contributed by atoms with Gasteiger partial charge in [0.1, 0.15) is 0 Å². The molecule has 1 aliphatic heterocycles. The molecule has 1 aromatic rings. The lowest BCUT2D eigenvalue weighted by atomic mass is 9.80. The summed E-state index contributed by atoms with van der Waals surface area (Å²) in [7, 11) is 2.10. The summed E-state index contributed by atoms with van der Waals surface area (Å²) in [5.41, 5.74) is 1.27. The summed E-state index contributed by atoms with van der Waals surface area (Å²) in [4.78, 5) is 6.30. The topological polar surface area (TPSA) is 45.6 Å². The molecule has 0 aliphatic carbocycles. The van der Waals surface area contributed by atoms with Crippen LogP contribution in [-0.4, -0.2) is 48.4 Å². The molecule has 4 nitrogen and oxygen atoms in total. The van der Waals surface area contributed by atoms with Gasteiger partial charge in [0.25, 0.3) is 0 Å². The van der Waals surface area contributed by atoms with Crippen LogP contribution in [0.3, 0.4) is 0 Å². The van der Waals surface area contributed by atoms with Crippen molar-refractivity contribution in [3.8, 4) is 0 Å². The summed E-state index contributed by atoms with van der Waals surface area (Å²) < 4.78 is 5.39. The van der Waals surface area contributed by atoms with Crippen LogP contribution in [0.15, 0.2) is 24.5 Å². The average molecular weight is 250 g/mol. The number of aromatic nitrogens is 1.